The van der Waals surface area contributed by atoms with Crippen LogP contribution in [0.2, 0.25) is 0 Å². The molecule has 0 saturated carbocycles. The van der Waals surface area contributed by atoms with Gasteiger partial charge in [-0.05, 0) is 54.4 Å². The van der Waals surface area contributed by atoms with Crippen molar-refractivity contribution in [1.29, 1.82) is 0 Å². The average molecular weight is 335 g/mol. The van der Waals surface area contributed by atoms with Gasteiger partial charge in [-0.25, -0.2) is 0 Å². The van der Waals surface area contributed by atoms with E-state index < -0.39 is 0 Å². The van der Waals surface area contributed by atoms with E-state index in [2.05, 4.69) is 34.6 Å². The fourth-order valence-electron chi connectivity index (χ4n) is 3.37. The van der Waals surface area contributed by atoms with Crippen molar-refractivity contribution in [1.82, 2.24) is 0 Å². The molecule has 2 unspecified atom stereocenters. The zero-order valence-electron chi connectivity index (χ0n) is 16.4. The molecule has 2 atom stereocenters. The molecule has 0 fully saturated rings. The van der Waals surface area contributed by atoms with Crippen LogP contribution in [-0.4, -0.2) is 20.0 Å². The van der Waals surface area contributed by atoms with Crippen LogP contribution >= 0.6 is 0 Å². The topological polar surface area (TPSA) is 35.5 Å². The van der Waals surface area contributed by atoms with Crippen LogP contribution in [0.3, 0.4) is 0 Å². The minimum absolute atomic E-state index is 0.178. The molecule has 0 amide bonds. The first-order valence-corrected chi connectivity index (χ1v) is 9.15. The first-order chi connectivity index (χ1) is 11.4. The Morgan fingerprint density at radius 1 is 1.04 bits per heavy atom. The number of hydrogen-bond acceptors (Lipinski definition) is 3. The quantitative estimate of drug-likeness (QED) is 0.574. The lowest BCUT2D eigenvalue weighted by Gasteiger charge is -2.21. The van der Waals surface area contributed by atoms with Crippen molar-refractivity contribution in [3.05, 3.63) is 23.3 Å². The number of hydrogen-bond donors (Lipinski definition) is 0. The number of carbonyl (C=O) groups is 1. The second-order valence-electron chi connectivity index (χ2n) is 7.07. The van der Waals surface area contributed by atoms with Gasteiger partial charge in [0.1, 0.15) is 5.78 Å². The lowest BCUT2D eigenvalue weighted by atomic mass is 9.83. The van der Waals surface area contributed by atoms with E-state index in [-0.39, 0.29) is 11.8 Å². The number of ketones is 1. The molecule has 0 aromatic heterocycles. The summed E-state index contributed by atoms with van der Waals surface area (Å²) in [7, 11) is 3.31. The van der Waals surface area contributed by atoms with Crippen LogP contribution in [0, 0.1) is 11.8 Å². The molecule has 3 nitrogen and oxygen atoms in total. The van der Waals surface area contributed by atoms with E-state index in [1.165, 1.54) is 11.1 Å². The number of benzene rings is 1. The van der Waals surface area contributed by atoms with Crippen molar-refractivity contribution in [2.75, 3.05) is 14.2 Å². The van der Waals surface area contributed by atoms with E-state index >= 15 is 0 Å². The monoisotopic (exact) mass is 334 g/mol. The SMILES string of the molecule is CCc1cc(OC)c(OC)cc1C(C)CC(=O)C(CC)CC(C)C. The van der Waals surface area contributed by atoms with Crippen molar-refractivity contribution in [2.45, 2.75) is 66.2 Å². The van der Waals surface area contributed by atoms with E-state index in [1.54, 1.807) is 14.2 Å². The maximum absolute atomic E-state index is 12.7. The van der Waals surface area contributed by atoms with Gasteiger partial charge >= 0.3 is 0 Å². The number of ether oxygens (including phenoxy) is 2. The molecule has 0 aliphatic rings. The summed E-state index contributed by atoms with van der Waals surface area (Å²) in [6, 6.07) is 4.08. The average Bonchev–Trinajstić information content (AvgIpc) is 2.57. The van der Waals surface area contributed by atoms with Crippen LogP contribution in [0.4, 0.5) is 0 Å². The Kier molecular flexibility index (Phi) is 8.30. The van der Waals surface area contributed by atoms with E-state index in [0.29, 0.717) is 18.1 Å². The summed E-state index contributed by atoms with van der Waals surface area (Å²) < 4.78 is 10.8. The Balaban J connectivity index is 3.01. The summed E-state index contributed by atoms with van der Waals surface area (Å²) in [6.07, 6.45) is 3.41. The number of aryl methyl sites for hydroxylation is 1. The Bertz CT molecular complexity index is 534. The molecule has 0 radical (unpaired) electrons. The Morgan fingerprint density at radius 2 is 1.62 bits per heavy atom. The fourth-order valence-corrected chi connectivity index (χ4v) is 3.37. The summed E-state index contributed by atoms with van der Waals surface area (Å²) in [4.78, 5) is 12.7. The van der Waals surface area contributed by atoms with Crippen LogP contribution in [0.5, 0.6) is 11.5 Å². The van der Waals surface area contributed by atoms with E-state index in [1.807, 2.05) is 12.1 Å². The fraction of sp³-hybridized carbons (Fsp3) is 0.667. The van der Waals surface area contributed by atoms with E-state index in [9.17, 15) is 4.79 Å². The number of carbonyl (C=O) groups excluding carboxylic acids is 1. The molecular formula is C21H34O3. The summed E-state index contributed by atoms with van der Waals surface area (Å²) in [5.74, 6) is 2.80. The minimum Gasteiger partial charge on any atom is -0.493 e. The molecule has 1 aromatic rings. The summed E-state index contributed by atoms with van der Waals surface area (Å²) >= 11 is 0. The Labute approximate surface area is 147 Å². The molecule has 0 aliphatic carbocycles. The predicted octanol–water partition coefficient (Wildman–Crippen LogP) is 5.40. The van der Waals surface area contributed by atoms with Crippen LogP contribution in [0.25, 0.3) is 0 Å². The number of Topliss-reactive ketones (excluding diaryl/α,β-unsaturated/α-hetero) is 1. The first kappa shape index (κ1) is 20.5. The van der Waals surface area contributed by atoms with Gasteiger partial charge in [-0.1, -0.05) is 34.6 Å². The number of methoxy groups -OCH3 is 2. The Morgan fingerprint density at radius 3 is 2.08 bits per heavy atom. The molecule has 24 heavy (non-hydrogen) atoms. The van der Waals surface area contributed by atoms with Crippen molar-refractivity contribution in [3.8, 4) is 11.5 Å². The second kappa shape index (κ2) is 9.71. The van der Waals surface area contributed by atoms with Gasteiger partial charge in [0, 0.05) is 12.3 Å². The third-order valence-corrected chi connectivity index (χ3v) is 4.77. The lowest BCUT2D eigenvalue weighted by molar-refractivity contribution is -0.123. The summed E-state index contributed by atoms with van der Waals surface area (Å²) in [5, 5.41) is 0. The highest BCUT2D eigenvalue weighted by atomic mass is 16.5. The molecule has 0 heterocycles. The van der Waals surface area contributed by atoms with Crippen LogP contribution in [0.1, 0.15) is 70.9 Å². The molecule has 0 saturated heterocycles. The van der Waals surface area contributed by atoms with Crippen molar-refractivity contribution >= 4 is 5.78 Å². The van der Waals surface area contributed by atoms with Gasteiger partial charge in [0.05, 0.1) is 14.2 Å². The molecular weight excluding hydrogens is 300 g/mol. The molecule has 3 heteroatoms. The Hall–Kier alpha value is -1.51. The maximum atomic E-state index is 12.7. The van der Waals surface area contributed by atoms with Gasteiger partial charge in [0.2, 0.25) is 0 Å². The molecule has 1 rings (SSSR count). The maximum Gasteiger partial charge on any atom is 0.161 e. The van der Waals surface area contributed by atoms with Gasteiger partial charge in [-0.2, -0.15) is 0 Å². The van der Waals surface area contributed by atoms with Crippen LogP contribution in [-0.2, 0) is 11.2 Å². The second-order valence-corrected chi connectivity index (χ2v) is 7.07. The molecule has 0 spiro atoms. The largest absolute Gasteiger partial charge is 0.493 e. The molecule has 0 N–H and O–H groups in total. The molecule has 0 aliphatic heterocycles. The summed E-state index contributed by atoms with van der Waals surface area (Å²) in [6.45, 7) is 10.8. The zero-order valence-corrected chi connectivity index (χ0v) is 16.4. The molecule has 1 aromatic carbocycles. The van der Waals surface area contributed by atoms with Gasteiger partial charge in [0.25, 0.3) is 0 Å². The number of rotatable bonds is 10. The minimum atomic E-state index is 0.178. The van der Waals surface area contributed by atoms with E-state index in [4.69, 9.17) is 9.47 Å². The zero-order chi connectivity index (χ0) is 18.3. The first-order valence-electron chi connectivity index (χ1n) is 9.15. The summed E-state index contributed by atoms with van der Waals surface area (Å²) in [5.41, 5.74) is 2.42. The highest BCUT2D eigenvalue weighted by molar-refractivity contribution is 5.81. The smallest absolute Gasteiger partial charge is 0.161 e. The van der Waals surface area contributed by atoms with Crippen LogP contribution < -0.4 is 9.47 Å². The standard InChI is InChI=1S/C21H34O3/c1-8-16-12-20(23-6)21(24-7)13-18(16)15(5)11-19(22)17(9-2)10-14(3)4/h12-15,17H,8-11H2,1-7H3. The molecule has 0 bridgehead atoms. The van der Waals surface area contributed by atoms with Gasteiger partial charge in [0.15, 0.2) is 11.5 Å². The van der Waals surface area contributed by atoms with Crippen molar-refractivity contribution < 1.29 is 14.3 Å². The van der Waals surface area contributed by atoms with Crippen molar-refractivity contribution in [2.24, 2.45) is 11.8 Å². The predicted molar refractivity (Wildman–Crippen MR) is 100 cm³/mol. The third-order valence-electron chi connectivity index (χ3n) is 4.77. The van der Waals surface area contributed by atoms with Gasteiger partial charge < -0.3 is 9.47 Å². The highest BCUT2D eigenvalue weighted by Gasteiger charge is 2.22. The van der Waals surface area contributed by atoms with Crippen molar-refractivity contribution in [3.63, 3.8) is 0 Å². The highest BCUT2D eigenvalue weighted by Crippen LogP contribution is 2.36. The van der Waals surface area contributed by atoms with Gasteiger partial charge in [-0.15, -0.1) is 0 Å². The normalized spacial score (nSPS) is 13.7. The van der Waals surface area contributed by atoms with Gasteiger partial charge in [-0.3, -0.25) is 4.79 Å². The molecule has 136 valence electrons. The third kappa shape index (κ3) is 5.25. The van der Waals surface area contributed by atoms with Crippen LogP contribution in [0.15, 0.2) is 12.1 Å². The lowest BCUT2D eigenvalue weighted by Crippen LogP contribution is -2.18. The van der Waals surface area contributed by atoms with E-state index in [0.717, 1.165) is 30.8 Å².